The summed E-state index contributed by atoms with van der Waals surface area (Å²) in [6.07, 6.45) is 0.0896. The van der Waals surface area contributed by atoms with Gasteiger partial charge in [0.05, 0.1) is 13.2 Å². The van der Waals surface area contributed by atoms with E-state index in [0.717, 1.165) is 11.1 Å². The largest absolute Gasteiger partial charge is 0.372 e. The molecule has 3 heteroatoms. The summed E-state index contributed by atoms with van der Waals surface area (Å²) in [5.41, 5.74) is 3.23. The molecule has 0 amide bonds. The summed E-state index contributed by atoms with van der Waals surface area (Å²) in [5.74, 6) is -0.403. The van der Waals surface area contributed by atoms with E-state index in [2.05, 4.69) is 0 Å². The van der Waals surface area contributed by atoms with E-state index in [1.807, 2.05) is 12.1 Å². The molecular formula is C16H13FO2. The third kappa shape index (κ3) is 2.42. The van der Waals surface area contributed by atoms with Gasteiger partial charge in [0.15, 0.2) is 5.78 Å². The van der Waals surface area contributed by atoms with E-state index in [1.165, 1.54) is 6.07 Å². The lowest BCUT2D eigenvalue weighted by molar-refractivity contribution is 0.0991. The molecule has 2 aromatic rings. The number of ether oxygens (including phenoxy) is 1. The lowest BCUT2D eigenvalue weighted by Crippen LogP contribution is -2.05. The summed E-state index contributed by atoms with van der Waals surface area (Å²) in [6.45, 7) is 1.16. The quantitative estimate of drug-likeness (QED) is 0.788. The highest BCUT2D eigenvalue weighted by Gasteiger charge is 2.15. The Hall–Kier alpha value is -2.00. The first kappa shape index (κ1) is 12.1. The molecule has 2 aromatic carbocycles. The van der Waals surface area contributed by atoms with E-state index in [-0.39, 0.29) is 18.0 Å². The van der Waals surface area contributed by atoms with Crippen LogP contribution in [0.2, 0.25) is 0 Å². The second-order valence-corrected chi connectivity index (χ2v) is 4.67. The Morgan fingerprint density at radius 1 is 1.11 bits per heavy atom. The number of carbonyl (C=O) groups excluding carboxylic acids is 1. The van der Waals surface area contributed by atoms with E-state index in [9.17, 15) is 9.18 Å². The van der Waals surface area contributed by atoms with Crippen molar-refractivity contribution in [3.63, 3.8) is 0 Å². The van der Waals surface area contributed by atoms with Gasteiger partial charge in [-0.05, 0) is 28.8 Å². The number of carbonyl (C=O) groups is 1. The third-order valence-corrected chi connectivity index (χ3v) is 3.35. The average Bonchev–Trinajstić information content (AvgIpc) is 2.88. The second kappa shape index (κ2) is 4.94. The van der Waals surface area contributed by atoms with Crippen LogP contribution in [-0.4, -0.2) is 5.78 Å². The van der Waals surface area contributed by atoms with Crippen molar-refractivity contribution in [2.45, 2.75) is 19.6 Å². The normalized spacial score (nSPS) is 13.3. The predicted octanol–water partition coefficient (Wildman–Crippen LogP) is 3.28. The van der Waals surface area contributed by atoms with Gasteiger partial charge in [-0.3, -0.25) is 4.79 Å². The lowest BCUT2D eigenvalue weighted by Gasteiger charge is -2.04. The number of halogens is 1. The van der Waals surface area contributed by atoms with Crippen LogP contribution in [-0.2, 0) is 24.4 Å². The first-order valence-corrected chi connectivity index (χ1v) is 6.20. The van der Waals surface area contributed by atoms with Gasteiger partial charge in [-0.1, -0.05) is 30.3 Å². The van der Waals surface area contributed by atoms with Gasteiger partial charge in [0, 0.05) is 12.0 Å². The van der Waals surface area contributed by atoms with Crippen molar-refractivity contribution in [2.24, 2.45) is 0 Å². The van der Waals surface area contributed by atoms with Gasteiger partial charge in [0.25, 0.3) is 0 Å². The SMILES string of the molecule is O=C(Cc1ccccc1F)c1ccc2c(c1)COC2. The Kier molecular flexibility index (Phi) is 3.13. The van der Waals surface area contributed by atoms with Gasteiger partial charge in [-0.25, -0.2) is 4.39 Å². The molecule has 96 valence electrons. The van der Waals surface area contributed by atoms with E-state index >= 15 is 0 Å². The van der Waals surface area contributed by atoms with Gasteiger partial charge in [-0.2, -0.15) is 0 Å². The minimum Gasteiger partial charge on any atom is -0.372 e. The summed E-state index contributed by atoms with van der Waals surface area (Å²) in [4.78, 5) is 12.2. The van der Waals surface area contributed by atoms with Crippen LogP contribution in [0.3, 0.4) is 0 Å². The number of ketones is 1. The molecule has 2 nitrogen and oxygen atoms in total. The first-order valence-electron chi connectivity index (χ1n) is 6.20. The fourth-order valence-electron chi connectivity index (χ4n) is 2.26. The molecule has 0 aromatic heterocycles. The number of benzene rings is 2. The maximum absolute atomic E-state index is 13.5. The van der Waals surface area contributed by atoms with Crippen molar-refractivity contribution >= 4 is 5.78 Å². The van der Waals surface area contributed by atoms with Crippen LogP contribution < -0.4 is 0 Å². The van der Waals surface area contributed by atoms with E-state index in [0.29, 0.717) is 24.3 Å². The molecule has 0 unspecified atom stereocenters. The van der Waals surface area contributed by atoms with Gasteiger partial charge in [-0.15, -0.1) is 0 Å². The van der Waals surface area contributed by atoms with E-state index < -0.39 is 0 Å². The third-order valence-electron chi connectivity index (χ3n) is 3.35. The number of hydrogen-bond acceptors (Lipinski definition) is 2. The molecule has 19 heavy (non-hydrogen) atoms. The molecular weight excluding hydrogens is 243 g/mol. The van der Waals surface area contributed by atoms with E-state index in [4.69, 9.17) is 4.74 Å². The second-order valence-electron chi connectivity index (χ2n) is 4.67. The predicted molar refractivity (Wildman–Crippen MR) is 69.4 cm³/mol. The fraction of sp³-hybridized carbons (Fsp3) is 0.188. The molecule has 0 saturated heterocycles. The van der Waals surface area contributed by atoms with Crippen molar-refractivity contribution in [2.75, 3.05) is 0 Å². The summed E-state index contributed by atoms with van der Waals surface area (Å²) in [7, 11) is 0. The van der Waals surface area contributed by atoms with Crippen LogP contribution in [0.5, 0.6) is 0 Å². The van der Waals surface area contributed by atoms with Crippen LogP contribution in [0.1, 0.15) is 27.0 Å². The molecule has 1 aliphatic heterocycles. The smallest absolute Gasteiger partial charge is 0.167 e. The Morgan fingerprint density at radius 2 is 1.89 bits per heavy atom. The minimum atomic E-state index is -0.333. The maximum Gasteiger partial charge on any atom is 0.167 e. The molecule has 1 aliphatic rings. The molecule has 0 bridgehead atoms. The highest BCUT2D eigenvalue weighted by atomic mass is 19.1. The summed E-state index contributed by atoms with van der Waals surface area (Å²) < 4.78 is 18.8. The van der Waals surface area contributed by atoms with Gasteiger partial charge in [0.1, 0.15) is 5.82 Å². The highest BCUT2D eigenvalue weighted by molar-refractivity contribution is 5.97. The van der Waals surface area contributed by atoms with Crippen molar-refractivity contribution < 1.29 is 13.9 Å². The van der Waals surface area contributed by atoms with Crippen molar-refractivity contribution in [1.82, 2.24) is 0 Å². The van der Waals surface area contributed by atoms with E-state index in [1.54, 1.807) is 24.3 Å². The van der Waals surface area contributed by atoms with Crippen molar-refractivity contribution in [3.05, 3.63) is 70.5 Å². The zero-order valence-corrected chi connectivity index (χ0v) is 10.4. The zero-order chi connectivity index (χ0) is 13.2. The fourth-order valence-corrected chi connectivity index (χ4v) is 2.26. The van der Waals surface area contributed by atoms with Crippen LogP contribution in [0.25, 0.3) is 0 Å². The number of hydrogen-bond donors (Lipinski definition) is 0. The first-order chi connectivity index (χ1) is 9.24. The summed E-state index contributed by atoms with van der Waals surface area (Å²) in [5, 5.41) is 0. The Labute approximate surface area is 110 Å². The molecule has 0 fully saturated rings. The van der Waals surface area contributed by atoms with Crippen molar-refractivity contribution in [3.8, 4) is 0 Å². The lowest BCUT2D eigenvalue weighted by atomic mass is 9.99. The Bertz CT molecular complexity index is 634. The monoisotopic (exact) mass is 256 g/mol. The Morgan fingerprint density at radius 3 is 2.74 bits per heavy atom. The van der Waals surface area contributed by atoms with Gasteiger partial charge < -0.3 is 4.74 Å². The summed E-state index contributed by atoms with van der Waals surface area (Å²) in [6, 6.07) is 11.9. The maximum atomic E-state index is 13.5. The molecule has 0 aliphatic carbocycles. The number of Topliss-reactive ketones (excluding diaryl/α,β-unsaturated/α-hetero) is 1. The van der Waals surface area contributed by atoms with Crippen LogP contribution in [0, 0.1) is 5.82 Å². The van der Waals surface area contributed by atoms with Gasteiger partial charge >= 0.3 is 0 Å². The van der Waals surface area contributed by atoms with Crippen LogP contribution in [0.15, 0.2) is 42.5 Å². The number of rotatable bonds is 3. The molecule has 0 spiro atoms. The topological polar surface area (TPSA) is 26.3 Å². The average molecular weight is 256 g/mol. The molecule has 0 N–H and O–H groups in total. The zero-order valence-electron chi connectivity index (χ0n) is 10.4. The van der Waals surface area contributed by atoms with Crippen LogP contribution in [0.4, 0.5) is 4.39 Å². The molecule has 3 rings (SSSR count). The molecule has 0 saturated carbocycles. The molecule has 1 heterocycles. The Balaban J connectivity index is 1.83. The van der Waals surface area contributed by atoms with Crippen LogP contribution >= 0.6 is 0 Å². The summed E-state index contributed by atoms with van der Waals surface area (Å²) >= 11 is 0. The molecule has 0 radical (unpaired) electrons. The van der Waals surface area contributed by atoms with Gasteiger partial charge in [0.2, 0.25) is 0 Å². The highest BCUT2D eigenvalue weighted by Crippen LogP contribution is 2.22. The number of fused-ring (bicyclic) bond motifs is 1. The molecule has 0 atom stereocenters. The minimum absolute atomic E-state index is 0.0696. The van der Waals surface area contributed by atoms with Crippen molar-refractivity contribution in [1.29, 1.82) is 0 Å². The standard InChI is InChI=1S/C16H13FO2/c17-15-4-2-1-3-11(15)8-16(18)12-5-6-13-9-19-10-14(13)7-12/h1-7H,8-10H2.